The number of aromatic amines is 1. The minimum absolute atomic E-state index is 0.182. The molecule has 0 spiro atoms. The normalized spacial score (nSPS) is 32.0. The number of aliphatic hydroxyl groups excluding tert-OH is 2. The van der Waals surface area contributed by atoms with Gasteiger partial charge in [-0.1, -0.05) is 0 Å². The highest BCUT2D eigenvalue weighted by atomic mass is 16.6. The molecule has 1 aromatic heterocycles. The summed E-state index contributed by atoms with van der Waals surface area (Å²) < 4.78 is 11.6. The lowest BCUT2D eigenvalue weighted by molar-refractivity contribution is -0.105. The average Bonchev–Trinajstić information content (AvgIpc) is 2.74. The lowest BCUT2D eigenvalue weighted by Gasteiger charge is -2.25. The maximum absolute atomic E-state index is 11.8. The molecule has 0 aliphatic carbocycles. The van der Waals surface area contributed by atoms with Crippen LogP contribution in [0.2, 0.25) is 0 Å². The van der Waals surface area contributed by atoms with Crippen molar-refractivity contribution < 1.29 is 19.7 Å². The van der Waals surface area contributed by atoms with E-state index in [4.69, 9.17) is 9.47 Å². The maximum atomic E-state index is 11.8. The molecule has 1 aliphatic heterocycles. The summed E-state index contributed by atoms with van der Waals surface area (Å²) in [7, 11) is 0. The molecular weight excluding hydrogens is 282 g/mol. The van der Waals surface area contributed by atoms with Crippen LogP contribution < -0.4 is 11.2 Å². The zero-order valence-corrected chi connectivity index (χ0v) is 11.2. The predicted octanol–water partition coefficient (Wildman–Crippen LogP) is -1.91. The van der Waals surface area contributed by atoms with Gasteiger partial charge in [0.25, 0.3) is 5.56 Å². The SMILES string of the molecule is CCOC1[C@H](O)[C@H](n2ccc(=O)[nH]c2=O)O[C@]1(C#N)CO. The van der Waals surface area contributed by atoms with Gasteiger partial charge in [0, 0.05) is 18.9 Å². The van der Waals surface area contributed by atoms with Crippen molar-refractivity contribution in [3.8, 4) is 6.07 Å². The Labute approximate surface area is 119 Å². The van der Waals surface area contributed by atoms with Crippen LogP contribution in [0.3, 0.4) is 0 Å². The Morgan fingerprint density at radius 1 is 1.62 bits per heavy atom. The Hall–Kier alpha value is -1.99. The number of ether oxygens (including phenoxy) is 2. The Morgan fingerprint density at radius 2 is 2.33 bits per heavy atom. The van der Waals surface area contributed by atoms with Gasteiger partial charge in [-0.3, -0.25) is 14.3 Å². The lowest BCUT2D eigenvalue weighted by Crippen LogP contribution is -2.46. The van der Waals surface area contributed by atoms with E-state index in [0.717, 1.165) is 16.8 Å². The molecular formula is C12H15N3O6. The highest BCUT2D eigenvalue weighted by molar-refractivity contribution is 5.15. The minimum atomic E-state index is -1.78. The standard InChI is InChI=1S/C12H15N3O6/c1-2-20-9-8(18)10(21-12(9,5-13)6-16)15-4-3-7(17)14-11(15)19/h3-4,8-10,16,18H,2,6H2,1H3,(H,14,17,19)/t8-,9?,10+,12+/m0/s1. The van der Waals surface area contributed by atoms with Crippen LogP contribution in [0.5, 0.6) is 0 Å². The second kappa shape index (κ2) is 5.79. The van der Waals surface area contributed by atoms with Crippen molar-refractivity contribution in [1.29, 1.82) is 5.26 Å². The van der Waals surface area contributed by atoms with Crippen LogP contribution in [-0.2, 0) is 9.47 Å². The number of H-pyrrole nitrogens is 1. The van der Waals surface area contributed by atoms with Crippen LogP contribution in [0.15, 0.2) is 21.9 Å². The Bertz CT molecular complexity index is 662. The first kappa shape index (κ1) is 15.4. The molecule has 0 radical (unpaired) electrons. The number of hydrogen-bond donors (Lipinski definition) is 3. The first-order valence-electron chi connectivity index (χ1n) is 6.30. The van der Waals surface area contributed by atoms with Crippen LogP contribution in [0.25, 0.3) is 0 Å². The smallest absolute Gasteiger partial charge is 0.330 e. The highest BCUT2D eigenvalue weighted by Crippen LogP contribution is 2.37. The molecule has 1 fully saturated rings. The van der Waals surface area contributed by atoms with Crippen LogP contribution >= 0.6 is 0 Å². The number of nitrogens with one attached hydrogen (secondary N) is 1. The van der Waals surface area contributed by atoms with Gasteiger partial charge < -0.3 is 19.7 Å². The first-order chi connectivity index (χ1) is 9.99. The molecule has 9 heteroatoms. The van der Waals surface area contributed by atoms with Crippen LogP contribution in [0.4, 0.5) is 0 Å². The van der Waals surface area contributed by atoms with Crippen LogP contribution in [-0.4, -0.2) is 50.8 Å². The molecule has 2 heterocycles. The molecule has 0 aromatic carbocycles. The van der Waals surface area contributed by atoms with Crippen molar-refractivity contribution in [2.45, 2.75) is 31.0 Å². The minimum Gasteiger partial charge on any atom is -0.392 e. The van der Waals surface area contributed by atoms with Gasteiger partial charge in [0.15, 0.2) is 6.23 Å². The highest BCUT2D eigenvalue weighted by Gasteiger charge is 2.57. The summed E-state index contributed by atoms with van der Waals surface area (Å²) in [6, 6.07) is 2.86. The van der Waals surface area contributed by atoms with E-state index in [2.05, 4.69) is 0 Å². The summed E-state index contributed by atoms with van der Waals surface area (Å²) in [4.78, 5) is 24.8. The van der Waals surface area contributed by atoms with Crippen molar-refractivity contribution in [2.24, 2.45) is 0 Å². The predicted molar refractivity (Wildman–Crippen MR) is 68.3 cm³/mol. The largest absolute Gasteiger partial charge is 0.392 e. The Kier molecular flexibility index (Phi) is 4.24. The van der Waals surface area contributed by atoms with Crippen LogP contribution in [0.1, 0.15) is 13.2 Å². The molecule has 0 amide bonds. The van der Waals surface area contributed by atoms with Crippen LogP contribution in [0, 0.1) is 11.3 Å². The number of hydrogen-bond acceptors (Lipinski definition) is 7. The fraction of sp³-hybridized carbons (Fsp3) is 0.583. The third-order valence-electron chi connectivity index (χ3n) is 3.29. The van der Waals surface area contributed by atoms with Gasteiger partial charge >= 0.3 is 5.69 Å². The number of aliphatic hydroxyl groups is 2. The van der Waals surface area contributed by atoms with E-state index < -0.39 is 41.9 Å². The van der Waals surface area contributed by atoms with E-state index >= 15 is 0 Å². The summed E-state index contributed by atoms with van der Waals surface area (Å²) in [5, 5.41) is 28.9. The lowest BCUT2D eigenvalue weighted by atomic mass is 9.97. The third kappa shape index (κ3) is 2.50. The quantitative estimate of drug-likeness (QED) is 0.589. The van der Waals surface area contributed by atoms with E-state index in [0.29, 0.717) is 0 Å². The van der Waals surface area contributed by atoms with Gasteiger partial charge in [0.2, 0.25) is 5.60 Å². The fourth-order valence-corrected chi connectivity index (χ4v) is 2.29. The number of nitriles is 1. The van der Waals surface area contributed by atoms with Gasteiger partial charge in [0.05, 0.1) is 6.61 Å². The molecule has 9 nitrogen and oxygen atoms in total. The first-order valence-corrected chi connectivity index (χ1v) is 6.30. The zero-order valence-electron chi connectivity index (χ0n) is 11.2. The van der Waals surface area contributed by atoms with E-state index in [9.17, 15) is 25.1 Å². The molecule has 1 unspecified atom stereocenters. The van der Waals surface area contributed by atoms with Crippen molar-refractivity contribution in [1.82, 2.24) is 9.55 Å². The van der Waals surface area contributed by atoms with Gasteiger partial charge in [0.1, 0.15) is 18.3 Å². The summed E-state index contributed by atoms with van der Waals surface area (Å²) in [6.07, 6.45) is -2.59. The van der Waals surface area contributed by atoms with E-state index in [1.807, 2.05) is 4.98 Å². The molecule has 3 N–H and O–H groups in total. The molecule has 1 aromatic rings. The topological polar surface area (TPSA) is 138 Å². The number of rotatable bonds is 4. The molecule has 2 rings (SSSR count). The zero-order chi connectivity index (χ0) is 15.6. The maximum Gasteiger partial charge on any atom is 0.330 e. The third-order valence-corrected chi connectivity index (χ3v) is 3.29. The second-order valence-electron chi connectivity index (χ2n) is 4.55. The van der Waals surface area contributed by atoms with E-state index in [1.54, 1.807) is 13.0 Å². The summed E-state index contributed by atoms with van der Waals surface area (Å²) >= 11 is 0. The molecule has 0 bridgehead atoms. The monoisotopic (exact) mass is 297 g/mol. The van der Waals surface area contributed by atoms with Gasteiger partial charge in [-0.15, -0.1) is 0 Å². The van der Waals surface area contributed by atoms with Gasteiger partial charge in [-0.2, -0.15) is 5.26 Å². The van der Waals surface area contributed by atoms with E-state index in [1.165, 1.54) is 0 Å². The fourth-order valence-electron chi connectivity index (χ4n) is 2.29. The van der Waals surface area contributed by atoms with Gasteiger partial charge in [-0.25, -0.2) is 4.79 Å². The average molecular weight is 297 g/mol. The van der Waals surface area contributed by atoms with Gasteiger partial charge in [-0.05, 0) is 6.92 Å². The Balaban J connectivity index is 2.45. The summed E-state index contributed by atoms with van der Waals surface area (Å²) in [6.45, 7) is 1.13. The molecule has 0 saturated carbocycles. The van der Waals surface area contributed by atoms with Crippen molar-refractivity contribution in [3.63, 3.8) is 0 Å². The van der Waals surface area contributed by atoms with E-state index in [-0.39, 0.29) is 6.61 Å². The Morgan fingerprint density at radius 3 is 2.86 bits per heavy atom. The molecule has 1 aliphatic rings. The number of aromatic nitrogens is 2. The van der Waals surface area contributed by atoms with Crippen molar-refractivity contribution in [2.75, 3.05) is 13.2 Å². The number of nitrogens with zero attached hydrogens (tertiary/aromatic N) is 2. The summed E-state index contributed by atoms with van der Waals surface area (Å²) in [5.41, 5.74) is -3.18. The molecule has 21 heavy (non-hydrogen) atoms. The second-order valence-corrected chi connectivity index (χ2v) is 4.55. The summed E-state index contributed by atoms with van der Waals surface area (Å²) in [5.74, 6) is 0. The molecule has 1 saturated heterocycles. The van der Waals surface area contributed by atoms with Crippen molar-refractivity contribution >= 4 is 0 Å². The van der Waals surface area contributed by atoms with Crippen molar-refractivity contribution in [3.05, 3.63) is 33.1 Å². The molecule has 4 atom stereocenters. The molecule has 114 valence electrons.